The van der Waals surface area contributed by atoms with E-state index in [0.717, 1.165) is 0 Å². The highest BCUT2D eigenvalue weighted by molar-refractivity contribution is 6.05. The fourth-order valence-corrected chi connectivity index (χ4v) is 1.72. The lowest BCUT2D eigenvalue weighted by Crippen LogP contribution is -2.20. The smallest absolute Gasteiger partial charge is 0.278 e. The van der Waals surface area contributed by atoms with Crippen LogP contribution in [0.15, 0.2) is 12.3 Å². The van der Waals surface area contributed by atoms with Crippen molar-refractivity contribution in [3.8, 4) is 11.8 Å². The molecule has 2 heterocycles. The predicted octanol–water partition coefficient (Wildman–Crippen LogP) is 0.545. The van der Waals surface area contributed by atoms with Crippen molar-refractivity contribution in [2.75, 3.05) is 25.3 Å². The summed E-state index contributed by atoms with van der Waals surface area (Å²) in [6, 6.07) is 1.50. The first kappa shape index (κ1) is 14.6. The SMILES string of the molecule is CCn1ncc(N)c1C(=O)Nc1nc(OC)cc(OC)n1. The second-order valence-corrected chi connectivity index (χ2v) is 3.99. The van der Waals surface area contributed by atoms with E-state index >= 15 is 0 Å². The number of aromatic nitrogens is 4. The molecule has 0 aromatic carbocycles. The minimum atomic E-state index is -0.456. The lowest BCUT2D eigenvalue weighted by Gasteiger charge is -2.09. The van der Waals surface area contributed by atoms with E-state index in [1.54, 1.807) is 0 Å². The number of carbonyl (C=O) groups is 1. The molecular formula is C12H16N6O3. The third kappa shape index (κ3) is 3.02. The van der Waals surface area contributed by atoms with Crippen LogP contribution in [-0.4, -0.2) is 39.9 Å². The van der Waals surface area contributed by atoms with E-state index in [-0.39, 0.29) is 29.1 Å². The van der Waals surface area contributed by atoms with Gasteiger partial charge in [0, 0.05) is 6.54 Å². The van der Waals surface area contributed by atoms with Gasteiger partial charge in [-0.2, -0.15) is 15.1 Å². The summed E-state index contributed by atoms with van der Waals surface area (Å²) in [5.41, 5.74) is 6.28. The maximum absolute atomic E-state index is 12.3. The van der Waals surface area contributed by atoms with E-state index < -0.39 is 5.91 Å². The Labute approximate surface area is 121 Å². The molecule has 0 spiro atoms. The first-order valence-corrected chi connectivity index (χ1v) is 6.18. The molecule has 9 nitrogen and oxygen atoms in total. The molecule has 3 N–H and O–H groups in total. The highest BCUT2D eigenvalue weighted by Gasteiger charge is 2.18. The molecule has 9 heteroatoms. The minimum absolute atomic E-state index is 0.0550. The summed E-state index contributed by atoms with van der Waals surface area (Å²) in [5.74, 6) is 0.143. The quantitative estimate of drug-likeness (QED) is 0.826. The number of methoxy groups -OCH3 is 2. The average Bonchev–Trinajstić information content (AvgIpc) is 2.87. The molecule has 0 aliphatic heterocycles. The lowest BCUT2D eigenvalue weighted by molar-refractivity contribution is 0.101. The van der Waals surface area contributed by atoms with E-state index in [1.807, 2.05) is 6.92 Å². The van der Waals surface area contributed by atoms with E-state index in [9.17, 15) is 4.79 Å². The maximum Gasteiger partial charge on any atom is 0.278 e. The van der Waals surface area contributed by atoms with Gasteiger partial charge in [0.2, 0.25) is 17.7 Å². The van der Waals surface area contributed by atoms with Gasteiger partial charge in [-0.1, -0.05) is 0 Å². The summed E-state index contributed by atoms with van der Waals surface area (Å²) in [7, 11) is 2.91. The number of anilines is 2. The zero-order chi connectivity index (χ0) is 15.4. The van der Waals surface area contributed by atoms with Crippen molar-refractivity contribution in [2.24, 2.45) is 0 Å². The van der Waals surface area contributed by atoms with E-state index in [2.05, 4.69) is 20.4 Å². The van der Waals surface area contributed by atoms with E-state index in [1.165, 1.54) is 31.2 Å². The molecule has 21 heavy (non-hydrogen) atoms. The highest BCUT2D eigenvalue weighted by atomic mass is 16.5. The summed E-state index contributed by atoms with van der Waals surface area (Å²) in [5, 5.41) is 6.55. The Morgan fingerprint density at radius 2 is 1.95 bits per heavy atom. The zero-order valence-electron chi connectivity index (χ0n) is 12.0. The van der Waals surface area contributed by atoms with Gasteiger partial charge in [0.1, 0.15) is 5.69 Å². The molecule has 0 bridgehead atoms. The number of amides is 1. The number of ether oxygens (including phenoxy) is 2. The van der Waals surface area contributed by atoms with Crippen molar-refractivity contribution < 1.29 is 14.3 Å². The van der Waals surface area contributed by atoms with Crippen molar-refractivity contribution in [2.45, 2.75) is 13.5 Å². The van der Waals surface area contributed by atoms with Crippen molar-refractivity contribution in [3.63, 3.8) is 0 Å². The van der Waals surface area contributed by atoms with Crippen LogP contribution in [-0.2, 0) is 6.54 Å². The third-order valence-corrected chi connectivity index (χ3v) is 2.71. The molecule has 0 aliphatic rings. The zero-order valence-corrected chi connectivity index (χ0v) is 12.0. The summed E-state index contributed by atoms with van der Waals surface area (Å²) in [6.45, 7) is 2.37. The van der Waals surface area contributed by atoms with Crippen molar-refractivity contribution in [1.82, 2.24) is 19.7 Å². The predicted molar refractivity (Wildman–Crippen MR) is 75.4 cm³/mol. The van der Waals surface area contributed by atoms with Crippen LogP contribution in [0.2, 0.25) is 0 Å². The van der Waals surface area contributed by atoms with Gasteiger partial charge >= 0.3 is 0 Å². The third-order valence-electron chi connectivity index (χ3n) is 2.71. The molecule has 0 fully saturated rings. The molecule has 0 atom stereocenters. The Kier molecular flexibility index (Phi) is 4.21. The summed E-state index contributed by atoms with van der Waals surface area (Å²) in [6.07, 6.45) is 1.42. The Morgan fingerprint density at radius 1 is 1.33 bits per heavy atom. The van der Waals surface area contributed by atoms with Gasteiger partial charge < -0.3 is 15.2 Å². The first-order chi connectivity index (χ1) is 10.1. The van der Waals surface area contributed by atoms with Gasteiger partial charge in [-0.15, -0.1) is 0 Å². The van der Waals surface area contributed by atoms with E-state index in [4.69, 9.17) is 15.2 Å². The summed E-state index contributed by atoms with van der Waals surface area (Å²) >= 11 is 0. The van der Waals surface area contributed by atoms with Crippen LogP contribution in [0, 0.1) is 0 Å². The van der Waals surface area contributed by atoms with E-state index in [0.29, 0.717) is 6.54 Å². The number of nitrogens with two attached hydrogens (primary N) is 1. The summed E-state index contributed by atoms with van der Waals surface area (Å²) < 4.78 is 11.5. The van der Waals surface area contributed by atoms with Gasteiger partial charge in [0.25, 0.3) is 5.91 Å². The molecule has 2 aromatic heterocycles. The van der Waals surface area contributed by atoms with Crippen molar-refractivity contribution in [1.29, 1.82) is 0 Å². The van der Waals surface area contributed by atoms with Gasteiger partial charge in [-0.05, 0) is 6.92 Å². The fourth-order valence-electron chi connectivity index (χ4n) is 1.72. The first-order valence-electron chi connectivity index (χ1n) is 6.18. The Hall–Kier alpha value is -2.84. The van der Waals surface area contributed by atoms with Crippen LogP contribution >= 0.6 is 0 Å². The van der Waals surface area contributed by atoms with Crippen LogP contribution in [0.5, 0.6) is 11.8 Å². The topological polar surface area (TPSA) is 117 Å². The lowest BCUT2D eigenvalue weighted by atomic mass is 10.3. The maximum atomic E-state index is 12.3. The monoisotopic (exact) mass is 292 g/mol. The number of aryl methyl sites for hydroxylation is 1. The fraction of sp³-hybridized carbons (Fsp3) is 0.333. The molecule has 0 saturated carbocycles. The van der Waals surface area contributed by atoms with Crippen LogP contribution in [0.3, 0.4) is 0 Å². The van der Waals surface area contributed by atoms with Gasteiger partial charge in [0.15, 0.2) is 0 Å². The Balaban J connectivity index is 2.29. The average molecular weight is 292 g/mol. The Bertz CT molecular complexity index is 632. The molecule has 0 unspecified atom stereocenters. The number of nitrogen functional groups attached to an aromatic ring is 1. The standard InChI is InChI=1S/C12H16N6O3/c1-4-18-10(7(13)6-14-18)11(19)17-12-15-8(20-2)5-9(16-12)21-3/h5-6H,4,13H2,1-3H3,(H,15,16,17,19). The number of hydrogen-bond donors (Lipinski definition) is 2. The van der Waals surface area contributed by atoms with Crippen LogP contribution in [0.25, 0.3) is 0 Å². The van der Waals surface area contributed by atoms with Crippen LogP contribution in [0.1, 0.15) is 17.4 Å². The minimum Gasteiger partial charge on any atom is -0.481 e. The molecule has 1 amide bonds. The molecule has 2 aromatic rings. The van der Waals surface area contributed by atoms with Gasteiger partial charge in [-0.3, -0.25) is 14.8 Å². The molecule has 0 saturated heterocycles. The molecule has 112 valence electrons. The van der Waals surface area contributed by atoms with Crippen molar-refractivity contribution in [3.05, 3.63) is 18.0 Å². The second kappa shape index (κ2) is 6.07. The number of hydrogen-bond acceptors (Lipinski definition) is 7. The van der Waals surface area contributed by atoms with Crippen LogP contribution < -0.4 is 20.5 Å². The number of nitrogens with zero attached hydrogens (tertiary/aromatic N) is 4. The number of rotatable bonds is 5. The van der Waals surface area contributed by atoms with Gasteiger partial charge in [0.05, 0.1) is 32.2 Å². The largest absolute Gasteiger partial charge is 0.481 e. The number of nitrogens with one attached hydrogen (secondary N) is 1. The normalized spacial score (nSPS) is 10.2. The summed E-state index contributed by atoms with van der Waals surface area (Å²) in [4.78, 5) is 20.3. The number of carbonyl (C=O) groups excluding carboxylic acids is 1. The second-order valence-electron chi connectivity index (χ2n) is 3.99. The van der Waals surface area contributed by atoms with Gasteiger partial charge in [-0.25, -0.2) is 0 Å². The highest BCUT2D eigenvalue weighted by Crippen LogP contribution is 2.18. The Morgan fingerprint density at radius 3 is 2.48 bits per heavy atom. The molecule has 0 radical (unpaired) electrons. The molecule has 0 aliphatic carbocycles. The van der Waals surface area contributed by atoms with Crippen LogP contribution in [0.4, 0.5) is 11.6 Å². The molecular weight excluding hydrogens is 276 g/mol. The van der Waals surface area contributed by atoms with Crippen molar-refractivity contribution >= 4 is 17.5 Å². The molecule has 2 rings (SSSR count).